The van der Waals surface area contributed by atoms with Crippen LogP contribution in [0, 0.1) is 5.82 Å². The standard InChI is InChI=1S/C21H21FN4OS/c1-28-19-9-8-15(12-23-19)21(27)26-10-3-2-7-18(26)20-24-13-17(25-20)14-5-4-6-16(22)11-14/h4-6,8-9,11-13,18H,2-3,7,10H2,1H3,(H,24,25). The van der Waals surface area contributed by atoms with E-state index in [2.05, 4.69) is 15.0 Å². The number of imidazole rings is 1. The predicted molar refractivity (Wildman–Crippen MR) is 108 cm³/mol. The summed E-state index contributed by atoms with van der Waals surface area (Å²) >= 11 is 1.55. The van der Waals surface area contributed by atoms with Gasteiger partial charge in [0, 0.05) is 18.3 Å². The summed E-state index contributed by atoms with van der Waals surface area (Å²) in [4.78, 5) is 27.1. The fourth-order valence-electron chi connectivity index (χ4n) is 3.56. The predicted octanol–water partition coefficient (Wildman–Crippen LogP) is 4.70. The van der Waals surface area contributed by atoms with E-state index >= 15 is 0 Å². The van der Waals surface area contributed by atoms with E-state index in [1.54, 1.807) is 30.2 Å². The summed E-state index contributed by atoms with van der Waals surface area (Å²) in [6.45, 7) is 0.684. The molecule has 2 aromatic heterocycles. The first-order valence-corrected chi connectivity index (χ1v) is 10.5. The SMILES string of the molecule is CSc1ccc(C(=O)N2CCCCC2c2ncc(-c3cccc(F)c3)[nH]2)cn1. The van der Waals surface area contributed by atoms with Gasteiger partial charge in [-0.05, 0) is 49.8 Å². The van der Waals surface area contributed by atoms with Gasteiger partial charge in [0.25, 0.3) is 5.91 Å². The van der Waals surface area contributed by atoms with E-state index in [1.807, 2.05) is 29.4 Å². The summed E-state index contributed by atoms with van der Waals surface area (Å²) in [5.41, 5.74) is 2.07. The number of benzene rings is 1. The summed E-state index contributed by atoms with van der Waals surface area (Å²) in [6, 6.07) is 9.97. The third-order valence-electron chi connectivity index (χ3n) is 5.00. The Balaban J connectivity index is 1.59. The smallest absolute Gasteiger partial charge is 0.256 e. The summed E-state index contributed by atoms with van der Waals surface area (Å²) in [5.74, 6) is 0.416. The number of thioether (sulfide) groups is 1. The van der Waals surface area contributed by atoms with E-state index < -0.39 is 0 Å². The maximum absolute atomic E-state index is 13.5. The minimum atomic E-state index is -0.288. The van der Waals surface area contributed by atoms with E-state index in [4.69, 9.17) is 0 Å². The molecule has 1 atom stereocenters. The van der Waals surface area contributed by atoms with Crippen molar-refractivity contribution in [2.45, 2.75) is 30.3 Å². The molecule has 0 spiro atoms. The Morgan fingerprint density at radius 2 is 2.11 bits per heavy atom. The number of nitrogens with one attached hydrogen (secondary N) is 1. The molecule has 1 amide bonds. The molecule has 0 aliphatic carbocycles. The number of nitrogens with zero attached hydrogens (tertiary/aromatic N) is 3. The highest BCUT2D eigenvalue weighted by Crippen LogP contribution is 2.32. The summed E-state index contributed by atoms with van der Waals surface area (Å²) in [5, 5.41) is 0.887. The normalized spacial score (nSPS) is 16.9. The van der Waals surface area contributed by atoms with Crippen LogP contribution in [0.5, 0.6) is 0 Å². The van der Waals surface area contributed by atoms with Gasteiger partial charge < -0.3 is 9.88 Å². The molecular formula is C21H21FN4OS. The molecule has 1 N–H and O–H groups in total. The number of hydrogen-bond acceptors (Lipinski definition) is 4. The van der Waals surface area contributed by atoms with Crippen LogP contribution < -0.4 is 0 Å². The van der Waals surface area contributed by atoms with Crippen LogP contribution >= 0.6 is 11.8 Å². The fraction of sp³-hybridized carbons (Fsp3) is 0.286. The number of amides is 1. The highest BCUT2D eigenvalue weighted by molar-refractivity contribution is 7.98. The van der Waals surface area contributed by atoms with Crippen LogP contribution in [0.2, 0.25) is 0 Å². The number of hydrogen-bond donors (Lipinski definition) is 1. The summed E-state index contributed by atoms with van der Waals surface area (Å²) in [7, 11) is 0. The van der Waals surface area contributed by atoms with Crippen LogP contribution in [0.25, 0.3) is 11.3 Å². The average Bonchev–Trinajstić information content (AvgIpc) is 3.23. The average molecular weight is 396 g/mol. The Hall–Kier alpha value is -2.67. The molecular weight excluding hydrogens is 375 g/mol. The van der Waals surface area contributed by atoms with E-state index in [-0.39, 0.29) is 17.8 Å². The summed E-state index contributed by atoms with van der Waals surface area (Å²) < 4.78 is 13.5. The van der Waals surface area contributed by atoms with E-state index in [9.17, 15) is 9.18 Å². The maximum atomic E-state index is 13.5. The van der Waals surface area contributed by atoms with Gasteiger partial charge in [-0.2, -0.15) is 0 Å². The maximum Gasteiger partial charge on any atom is 0.256 e. The number of likely N-dealkylation sites (tertiary alicyclic amines) is 1. The van der Waals surface area contributed by atoms with Gasteiger partial charge in [0.05, 0.1) is 28.5 Å². The molecule has 1 aliphatic heterocycles. The van der Waals surface area contributed by atoms with E-state index in [0.717, 1.165) is 41.4 Å². The zero-order valence-corrected chi connectivity index (χ0v) is 16.4. The highest BCUT2D eigenvalue weighted by Gasteiger charge is 2.30. The fourth-order valence-corrected chi connectivity index (χ4v) is 3.92. The molecule has 3 aromatic rings. The first kappa shape index (κ1) is 18.7. The lowest BCUT2D eigenvalue weighted by atomic mass is 10.0. The minimum Gasteiger partial charge on any atom is -0.340 e. The van der Waals surface area contributed by atoms with Crippen molar-refractivity contribution in [1.82, 2.24) is 19.9 Å². The number of carbonyl (C=O) groups is 1. The molecule has 144 valence electrons. The molecule has 1 saturated heterocycles. The second-order valence-electron chi connectivity index (χ2n) is 6.79. The Labute approximate surface area is 167 Å². The number of aromatic amines is 1. The second kappa shape index (κ2) is 8.14. The molecule has 4 rings (SSSR count). The number of aromatic nitrogens is 3. The van der Waals surface area contributed by atoms with Gasteiger partial charge in [-0.3, -0.25) is 4.79 Å². The Bertz CT molecular complexity index is 973. The van der Waals surface area contributed by atoms with Gasteiger partial charge in [0.2, 0.25) is 0 Å². The van der Waals surface area contributed by atoms with Crippen LogP contribution in [0.3, 0.4) is 0 Å². The number of rotatable bonds is 4. The van der Waals surface area contributed by atoms with Crippen molar-refractivity contribution in [3.05, 3.63) is 66.0 Å². The molecule has 1 fully saturated rings. The van der Waals surface area contributed by atoms with Gasteiger partial charge in [-0.1, -0.05) is 12.1 Å². The Kier molecular flexibility index (Phi) is 5.43. The van der Waals surface area contributed by atoms with Crippen molar-refractivity contribution in [1.29, 1.82) is 0 Å². The molecule has 1 unspecified atom stereocenters. The van der Waals surface area contributed by atoms with Crippen LogP contribution in [-0.4, -0.2) is 38.6 Å². The van der Waals surface area contributed by atoms with Crippen LogP contribution in [0.1, 0.15) is 41.5 Å². The van der Waals surface area contributed by atoms with Crippen LogP contribution in [0.4, 0.5) is 4.39 Å². The lowest BCUT2D eigenvalue weighted by Crippen LogP contribution is -2.39. The molecule has 28 heavy (non-hydrogen) atoms. The highest BCUT2D eigenvalue weighted by atomic mass is 32.2. The zero-order chi connectivity index (χ0) is 19.5. The van der Waals surface area contributed by atoms with Crippen molar-refractivity contribution < 1.29 is 9.18 Å². The Morgan fingerprint density at radius 1 is 1.21 bits per heavy atom. The number of halogens is 1. The van der Waals surface area contributed by atoms with Gasteiger partial charge in [-0.25, -0.2) is 14.4 Å². The topological polar surface area (TPSA) is 61.9 Å². The van der Waals surface area contributed by atoms with Crippen molar-refractivity contribution in [3.63, 3.8) is 0 Å². The number of carbonyl (C=O) groups excluding carboxylic acids is 1. The van der Waals surface area contributed by atoms with Crippen molar-refractivity contribution in [2.75, 3.05) is 12.8 Å². The lowest BCUT2D eigenvalue weighted by Gasteiger charge is -2.34. The lowest BCUT2D eigenvalue weighted by molar-refractivity contribution is 0.0600. The third-order valence-corrected chi connectivity index (χ3v) is 5.66. The quantitative estimate of drug-likeness (QED) is 0.650. The van der Waals surface area contributed by atoms with Crippen molar-refractivity contribution in [2.24, 2.45) is 0 Å². The molecule has 1 aliphatic rings. The minimum absolute atomic E-state index is 0.0337. The van der Waals surface area contributed by atoms with Crippen molar-refractivity contribution >= 4 is 17.7 Å². The van der Waals surface area contributed by atoms with Crippen LogP contribution in [-0.2, 0) is 0 Å². The number of pyridine rings is 1. The van der Waals surface area contributed by atoms with Gasteiger partial charge in [0.1, 0.15) is 11.6 Å². The molecule has 5 nitrogen and oxygen atoms in total. The first-order chi connectivity index (χ1) is 13.7. The molecule has 7 heteroatoms. The summed E-state index contributed by atoms with van der Waals surface area (Å²) in [6.07, 6.45) is 8.15. The molecule has 3 heterocycles. The molecule has 0 saturated carbocycles. The second-order valence-corrected chi connectivity index (χ2v) is 7.62. The van der Waals surface area contributed by atoms with E-state index in [1.165, 1.54) is 12.1 Å². The monoisotopic (exact) mass is 396 g/mol. The van der Waals surface area contributed by atoms with Crippen molar-refractivity contribution in [3.8, 4) is 11.3 Å². The molecule has 0 radical (unpaired) electrons. The molecule has 1 aromatic carbocycles. The van der Waals surface area contributed by atoms with Gasteiger partial charge in [-0.15, -0.1) is 11.8 Å². The van der Waals surface area contributed by atoms with Gasteiger partial charge in [0.15, 0.2) is 0 Å². The number of piperidine rings is 1. The molecule has 0 bridgehead atoms. The Morgan fingerprint density at radius 3 is 2.86 bits per heavy atom. The zero-order valence-electron chi connectivity index (χ0n) is 15.6. The van der Waals surface area contributed by atoms with Crippen LogP contribution in [0.15, 0.2) is 53.8 Å². The van der Waals surface area contributed by atoms with E-state index in [0.29, 0.717) is 12.1 Å². The van der Waals surface area contributed by atoms with Gasteiger partial charge >= 0.3 is 0 Å². The largest absolute Gasteiger partial charge is 0.340 e. The number of H-pyrrole nitrogens is 1. The first-order valence-electron chi connectivity index (χ1n) is 9.27. The third kappa shape index (κ3) is 3.80.